The van der Waals surface area contributed by atoms with Crippen LogP contribution in [0.1, 0.15) is 6.92 Å². The average molecular weight is 272 g/mol. The SMILES string of the molecule is CC1CN(C2COc3c(S(N)(=O)=O)cnn3C2)C1. The summed E-state index contributed by atoms with van der Waals surface area (Å²) in [6.45, 7) is 5.47. The summed E-state index contributed by atoms with van der Waals surface area (Å²) in [7, 11) is -3.76. The van der Waals surface area contributed by atoms with E-state index in [1.165, 1.54) is 6.20 Å². The molecule has 0 amide bonds. The predicted octanol–water partition coefficient (Wildman–Crippen LogP) is -0.757. The van der Waals surface area contributed by atoms with Gasteiger partial charge in [0.05, 0.1) is 18.8 Å². The first-order valence-corrected chi connectivity index (χ1v) is 7.45. The summed E-state index contributed by atoms with van der Waals surface area (Å²) in [6, 6.07) is 0.266. The van der Waals surface area contributed by atoms with Gasteiger partial charge in [0.15, 0.2) is 4.90 Å². The van der Waals surface area contributed by atoms with E-state index in [-0.39, 0.29) is 16.8 Å². The topological polar surface area (TPSA) is 90.4 Å². The minimum absolute atomic E-state index is 0.0297. The number of aromatic nitrogens is 2. The maximum absolute atomic E-state index is 11.3. The third kappa shape index (κ3) is 1.90. The Bertz CT molecular complexity index is 562. The standard InChI is InChI=1S/C10H16N4O3S/c1-7-3-13(4-7)8-5-14-10(17-6-8)9(2-12-14)18(11,15)16/h2,7-8H,3-6H2,1H3,(H2,11,15,16). The van der Waals surface area contributed by atoms with Gasteiger partial charge in [-0.2, -0.15) is 5.10 Å². The van der Waals surface area contributed by atoms with Gasteiger partial charge >= 0.3 is 0 Å². The van der Waals surface area contributed by atoms with Crippen LogP contribution in [0.2, 0.25) is 0 Å². The average Bonchev–Trinajstić information content (AvgIpc) is 2.66. The Morgan fingerprint density at radius 3 is 2.78 bits per heavy atom. The lowest BCUT2D eigenvalue weighted by Gasteiger charge is -2.44. The van der Waals surface area contributed by atoms with Crippen molar-refractivity contribution in [1.29, 1.82) is 0 Å². The van der Waals surface area contributed by atoms with E-state index in [0.717, 1.165) is 19.0 Å². The van der Waals surface area contributed by atoms with Crippen LogP contribution in [0.3, 0.4) is 0 Å². The number of hydrogen-bond acceptors (Lipinski definition) is 5. The molecule has 7 nitrogen and oxygen atoms in total. The number of nitrogens with zero attached hydrogens (tertiary/aromatic N) is 3. The molecule has 1 unspecified atom stereocenters. The molecule has 1 saturated heterocycles. The number of fused-ring (bicyclic) bond motifs is 1. The number of ether oxygens (including phenoxy) is 1. The molecule has 1 aromatic rings. The molecule has 8 heteroatoms. The van der Waals surface area contributed by atoms with Crippen molar-refractivity contribution in [3.63, 3.8) is 0 Å². The molecule has 0 aromatic carbocycles. The van der Waals surface area contributed by atoms with Crippen LogP contribution >= 0.6 is 0 Å². The molecular formula is C10H16N4O3S. The van der Waals surface area contributed by atoms with E-state index < -0.39 is 10.0 Å². The molecule has 1 fully saturated rings. The minimum Gasteiger partial charge on any atom is -0.475 e. The van der Waals surface area contributed by atoms with Crippen molar-refractivity contribution in [3.8, 4) is 5.88 Å². The van der Waals surface area contributed by atoms with E-state index in [4.69, 9.17) is 9.88 Å². The lowest BCUT2D eigenvalue weighted by atomic mass is 10.00. The van der Waals surface area contributed by atoms with Crippen molar-refractivity contribution in [1.82, 2.24) is 14.7 Å². The number of hydrogen-bond donors (Lipinski definition) is 1. The number of rotatable bonds is 2. The molecule has 0 bridgehead atoms. The van der Waals surface area contributed by atoms with E-state index in [1.54, 1.807) is 4.68 Å². The molecule has 2 N–H and O–H groups in total. The smallest absolute Gasteiger partial charge is 0.245 e. The Kier molecular flexibility index (Phi) is 2.61. The summed E-state index contributed by atoms with van der Waals surface area (Å²) in [5.41, 5.74) is 0. The van der Waals surface area contributed by atoms with Crippen LogP contribution < -0.4 is 9.88 Å². The van der Waals surface area contributed by atoms with Crippen LogP contribution in [0.15, 0.2) is 11.1 Å². The first-order valence-electron chi connectivity index (χ1n) is 5.90. The van der Waals surface area contributed by atoms with Crippen molar-refractivity contribution in [2.45, 2.75) is 24.4 Å². The number of nitrogens with two attached hydrogens (primary N) is 1. The first-order chi connectivity index (χ1) is 8.45. The first kappa shape index (κ1) is 11.9. The maximum Gasteiger partial charge on any atom is 0.245 e. The molecule has 100 valence electrons. The summed E-state index contributed by atoms with van der Waals surface area (Å²) in [4.78, 5) is 2.30. The van der Waals surface area contributed by atoms with Gasteiger partial charge in [-0.05, 0) is 5.92 Å². The summed E-state index contributed by atoms with van der Waals surface area (Å²) < 4.78 is 29.8. The van der Waals surface area contributed by atoms with Crippen molar-refractivity contribution >= 4 is 10.0 Å². The maximum atomic E-state index is 11.3. The molecule has 1 aromatic heterocycles. The molecule has 18 heavy (non-hydrogen) atoms. The van der Waals surface area contributed by atoms with Crippen LogP contribution in [-0.2, 0) is 16.6 Å². The van der Waals surface area contributed by atoms with Crippen molar-refractivity contribution in [3.05, 3.63) is 6.20 Å². The van der Waals surface area contributed by atoms with Crippen LogP contribution in [0, 0.1) is 5.92 Å². The monoisotopic (exact) mass is 272 g/mol. The van der Waals surface area contributed by atoms with Gasteiger partial charge in [0.1, 0.15) is 6.61 Å². The molecule has 3 heterocycles. The Balaban J connectivity index is 1.81. The summed E-state index contributed by atoms with van der Waals surface area (Å²) in [5.74, 6) is 0.992. The van der Waals surface area contributed by atoms with Gasteiger partial charge in [-0.25, -0.2) is 18.2 Å². The van der Waals surface area contributed by atoms with E-state index in [2.05, 4.69) is 16.9 Å². The molecule has 2 aliphatic rings. The lowest BCUT2D eigenvalue weighted by Crippen LogP contribution is -2.55. The molecule has 0 radical (unpaired) electrons. The van der Waals surface area contributed by atoms with Gasteiger partial charge in [0.2, 0.25) is 15.9 Å². The number of likely N-dealkylation sites (tertiary alicyclic amines) is 1. The van der Waals surface area contributed by atoms with Gasteiger partial charge < -0.3 is 4.74 Å². The normalized spacial score (nSPS) is 25.3. The molecule has 0 spiro atoms. The van der Waals surface area contributed by atoms with E-state index in [1.807, 2.05) is 0 Å². The highest BCUT2D eigenvalue weighted by Crippen LogP contribution is 2.28. The molecular weight excluding hydrogens is 256 g/mol. The molecule has 2 aliphatic heterocycles. The minimum atomic E-state index is -3.76. The Morgan fingerprint density at radius 1 is 1.44 bits per heavy atom. The third-order valence-electron chi connectivity index (χ3n) is 3.47. The zero-order valence-corrected chi connectivity index (χ0v) is 10.9. The van der Waals surface area contributed by atoms with Gasteiger partial charge in [0.25, 0.3) is 0 Å². The highest BCUT2D eigenvalue weighted by atomic mass is 32.2. The zero-order valence-electron chi connectivity index (χ0n) is 10.1. The van der Waals surface area contributed by atoms with E-state index in [9.17, 15) is 8.42 Å². The Hall–Kier alpha value is -1.12. The van der Waals surface area contributed by atoms with Gasteiger partial charge in [-0.15, -0.1) is 0 Å². The largest absolute Gasteiger partial charge is 0.475 e. The van der Waals surface area contributed by atoms with E-state index >= 15 is 0 Å². The van der Waals surface area contributed by atoms with Crippen molar-refractivity contribution in [2.75, 3.05) is 19.7 Å². The lowest BCUT2D eigenvalue weighted by molar-refractivity contribution is 0.00926. The third-order valence-corrected chi connectivity index (χ3v) is 4.36. The van der Waals surface area contributed by atoms with Gasteiger partial charge in [-0.1, -0.05) is 6.92 Å². The number of primary sulfonamides is 1. The van der Waals surface area contributed by atoms with Crippen LogP contribution in [0.5, 0.6) is 5.88 Å². The summed E-state index contributed by atoms with van der Waals surface area (Å²) in [6.07, 6.45) is 1.26. The van der Waals surface area contributed by atoms with Crippen molar-refractivity contribution < 1.29 is 13.2 Å². The van der Waals surface area contributed by atoms with Crippen molar-refractivity contribution in [2.24, 2.45) is 11.1 Å². The Labute approximate surface area is 106 Å². The fraction of sp³-hybridized carbons (Fsp3) is 0.700. The van der Waals surface area contributed by atoms with Crippen LogP contribution in [0.4, 0.5) is 0 Å². The fourth-order valence-corrected chi connectivity index (χ4v) is 3.12. The second kappa shape index (κ2) is 3.94. The van der Waals surface area contributed by atoms with Gasteiger partial charge in [0, 0.05) is 13.1 Å². The summed E-state index contributed by atoms with van der Waals surface area (Å²) in [5, 5.41) is 9.14. The highest BCUT2D eigenvalue weighted by Gasteiger charge is 2.35. The predicted molar refractivity (Wildman–Crippen MR) is 63.6 cm³/mol. The molecule has 0 aliphatic carbocycles. The van der Waals surface area contributed by atoms with Crippen LogP contribution in [-0.4, -0.2) is 48.8 Å². The quantitative estimate of drug-likeness (QED) is 0.764. The van der Waals surface area contributed by atoms with Crippen LogP contribution in [0.25, 0.3) is 0 Å². The van der Waals surface area contributed by atoms with E-state index in [0.29, 0.717) is 13.2 Å². The fourth-order valence-electron chi connectivity index (χ4n) is 2.52. The zero-order chi connectivity index (χ0) is 12.9. The van der Waals surface area contributed by atoms with Gasteiger partial charge in [-0.3, -0.25) is 4.90 Å². The second-order valence-electron chi connectivity index (χ2n) is 5.06. The Morgan fingerprint density at radius 2 is 2.17 bits per heavy atom. The molecule has 1 atom stereocenters. The number of sulfonamides is 1. The molecule has 0 saturated carbocycles. The highest BCUT2D eigenvalue weighted by molar-refractivity contribution is 7.89. The molecule has 3 rings (SSSR count). The summed E-state index contributed by atoms with van der Waals surface area (Å²) >= 11 is 0. The second-order valence-corrected chi connectivity index (χ2v) is 6.59.